The highest BCUT2D eigenvalue weighted by atomic mass is 16.5. The molecule has 1 unspecified atom stereocenters. The fourth-order valence-electron chi connectivity index (χ4n) is 3.30. The maximum absolute atomic E-state index is 12.1. The van der Waals surface area contributed by atoms with Gasteiger partial charge in [0.15, 0.2) is 0 Å². The van der Waals surface area contributed by atoms with Gasteiger partial charge in [0.25, 0.3) is 0 Å². The number of hydrogen-bond donors (Lipinski definition) is 2. The molecule has 0 aromatic carbocycles. The summed E-state index contributed by atoms with van der Waals surface area (Å²) in [5.74, 6) is 0.692. The number of hydrogen-bond acceptors (Lipinski definition) is 3. The topological polar surface area (TPSA) is 64.3 Å². The van der Waals surface area contributed by atoms with Crippen molar-refractivity contribution in [2.75, 3.05) is 13.7 Å². The van der Waals surface area contributed by atoms with Gasteiger partial charge < -0.3 is 15.8 Å². The smallest absolute Gasteiger partial charge is 0.223 e. The van der Waals surface area contributed by atoms with Crippen molar-refractivity contribution in [2.24, 2.45) is 11.7 Å². The molecule has 0 aromatic heterocycles. The van der Waals surface area contributed by atoms with Gasteiger partial charge >= 0.3 is 0 Å². The summed E-state index contributed by atoms with van der Waals surface area (Å²) in [6.07, 6.45) is 8.64. The normalized spacial score (nSPS) is 24.6. The summed E-state index contributed by atoms with van der Waals surface area (Å²) in [4.78, 5) is 12.1. The molecule has 104 valence electrons. The van der Waals surface area contributed by atoms with E-state index in [9.17, 15) is 4.79 Å². The van der Waals surface area contributed by atoms with Crippen molar-refractivity contribution in [3.8, 4) is 0 Å². The zero-order chi connectivity index (χ0) is 13.0. The van der Waals surface area contributed by atoms with Gasteiger partial charge in [-0.05, 0) is 38.0 Å². The number of amides is 1. The van der Waals surface area contributed by atoms with Gasteiger partial charge in [0.05, 0.1) is 12.0 Å². The zero-order valence-corrected chi connectivity index (χ0v) is 11.4. The maximum atomic E-state index is 12.1. The molecule has 0 saturated heterocycles. The monoisotopic (exact) mass is 254 g/mol. The predicted molar refractivity (Wildman–Crippen MR) is 71.2 cm³/mol. The molecule has 2 aliphatic rings. The third kappa shape index (κ3) is 3.04. The van der Waals surface area contributed by atoms with Gasteiger partial charge in [-0.3, -0.25) is 4.79 Å². The van der Waals surface area contributed by atoms with Crippen LogP contribution in [0, 0.1) is 5.92 Å². The van der Waals surface area contributed by atoms with Crippen LogP contribution in [0.1, 0.15) is 51.4 Å². The molecule has 2 saturated carbocycles. The summed E-state index contributed by atoms with van der Waals surface area (Å²) in [6, 6.07) is 0.161. The first-order chi connectivity index (χ1) is 8.69. The number of carbonyl (C=O) groups excluding carboxylic acids is 1. The van der Waals surface area contributed by atoms with Crippen LogP contribution in [0.4, 0.5) is 0 Å². The maximum Gasteiger partial charge on any atom is 0.223 e. The summed E-state index contributed by atoms with van der Waals surface area (Å²) >= 11 is 0. The lowest BCUT2D eigenvalue weighted by molar-refractivity contribution is -0.135. The third-order valence-electron chi connectivity index (χ3n) is 4.75. The molecular formula is C14H26N2O2. The molecule has 0 bridgehead atoms. The van der Waals surface area contributed by atoms with Gasteiger partial charge in [0.1, 0.15) is 0 Å². The van der Waals surface area contributed by atoms with Crippen LogP contribution in [0.2, 0.25) is 0 Å². The first-order valence-electron chi connectivity index (χ1n) is 7.24. The lowest BCUT2D eigenvalue weighted by Crippen LogP contribution is -2.49. The summed E-state index contributed by atoms with van der Waals surface area (Å²) in [6.45, 7) is 0.552. The molecule has 2 fully saturated rings. The number of carbonyl (C=O) groups is 1. The molecule has 3 N–H and O–H groups in total. The average Bonchev–Trinajstić information content (AvgIpc) is 2.84. The number of methoxy groups -OCH3 is 1. The highest BCUT2D eigenvalue weighted by Crippen LogP contribution is 2.38. The Balaban J connectivity index is 1.81. The van der Waals surface area contributed by atoms with E-state index in [1.807, 2.05) is 0 Å². The summed E-state index contributed by atoms with van der Waals surface area (Å²) in [5, 5.41) is 3.12. The van der Waals surface area contributed by atoms with E-state index in [0.717, 1.165) is 12.8 Å². The Morgan fingerprint density at radius 2 is 2.06 bits per heavy atom. The van der Waals surface area contributed by atoms with E-state index in [1.54, 1.807) is 7.11 Å². The van der Waals surface area contributed by atoms with Crippen molar-refractivity contribution < 1.29 is 9.53 Å². The molecule has 0 aromatic rings. The molecule has 2 aliphatic carbocycles. The van der Waals surface area contributed by atoms with Crippen molar-refractivity contribution in [1.29, 1.82) is 0 Å². The SMILES string of the molecule is COC1(CC(=O)NC(CN)C2CCCC2)CCC1. The fraction of sp³-hybridized carbons (Fsp3) is 0.929. The van der Waals surface area contributed by atoms with Crippen LogP contribution in [0.15, 0.2) is 0 Å². The Hall–Kier alpha value is -0.610. The van der Waals surface area contributed by atoms with Gasteiger partial charge in [-0.15, -0.1) is 0 Å². The van der Waals surface area contributed by atoms with E-state index < -0.39 is 0 Å². The Kier molecular flexibility index (Phi) is 4.62. The first kappa shape index (κ1) is 13.8. The molecular weight excluding hydrogens is 228 g/mol. The summed E-state index contributed by atoms with van der Waals surface area (Å²) in [7, 11) is 1.71. The lowest BCUT2D eigenvalue weighted by atomic mass is 9.77. The van der Waals surface area contributed by atoms with E-state index in [2.05, 4.69) is 5.32 Å². The molecule has 0 aliphatic heterocycles. The third-order valence-corrected chi connectivity index (χ3v) is 4.75. The minimum absolute atomic E-state index is 0.110. The standard InChI is InChI=1S/C14H26N2O2/c1-18-14(7-4-8-14)9-13(17)16-12(10-15)11-5-2-3-6-11/h11-12H,2-10,15H2,1H3,(H,16,17). The van der Waals surface area contributed by atoms with Crippen LogP contribution >= 0.6 is 0 Å². The molecule has 0 radical (unpaired) electrons. The van der Waals surface area contributed by atoms with E-state index in [4.69, 9.17) is 10.5 Å². The van der Waals surface area contributed by atoms with Crippen LogP contribution in [0.3, 0.4) is 0 Å². The Bertz CT molecular complexity index is 278. The van der Waals surface area contributed by atoms with E-state index in [1.165, 1.54) is 32.1 Å². The predicted octanol–water partition coefficient (Wildman–Crippen LogP) is 1.58. The van der Waals surface area contributed by atoms with Crippen molar-refractivity contribution in [1.82, 2.24) is 5.32 Å². The number of nitrogens with two attached hydrogens (primary N) is 1. The highest BCUT2D eigenvalue weighted by Gasteiger charge is 2.39. The van der Waals surface area contributed by atoms with E-state index in [-0.39, 0.29) is 17.6 Å². The van der Waals surface area contributed by atoms with Gasteiger partial charge in [-0.1, -0.05) is 12.8 Å². The van der Waals surface area contributed by atoms with Gasteiger partial charge in [-0.25, -0.2) is 0 Å². The molecule has 0 spiro atoms. The largest absolute Gasteiger partial charge is 0.378 e. The second-order valence-electron chi connectivity index (χ2n) is 5.87. The van der Waals surface area contributed by atoms with Crippen LogP contribution in [0.25, 0.3) is 0 Å². The van der Waals surface area contributed by atoms with Crippen molar-refractivity contribution >= 4 is 5.91 Å². The highest BCUT2D eigenvalue weighted by molar-refractivity contribution is 5.77. The average molecular weight is 254 g/mol. The zero-order valence-electron chi connectivity index (χ0n) is 11.4. The number of rotatable bonds is 6. The van der Waals surface area contributed by atoms with Crippen molar-refractivity contribution in [3.63, 3.8) is 0 Å². The van der Waals surface area contributed by atoms with Crippen LogP contribution in [0.5, 0.6) is 0 Å². The number of ether oxygens (including phenoxy) is 1. The van der Waals surface area contributed by atoms with Crippen LogP contribution in [-0.2, 0) is 9.53 Å². The Morgan fingerprint density at radius 3 is 2.50 bits per heavy atom. The van der Waals surface area contributed by atoms with Crippen LogP contribution in [-0.4, -0.2) is 31.2 Å². The molecule has 1 atom stereocenters. The molecule has 2 rings (SSSR count). The van der Waals surface area contributed by atoms with Gasteiger partial charge in [0.2, 0.25) is 5.91 Å². The van der Waals surface area contributed by atoms with E-state index >= 15 is 0 Å². The molecule has 0 heterocycles. The molecule has 4 nitrogen and oxygen atoms in total. The Labute approximate surface area is 110 Å². The second-order valence-corrected chi connectivity index (χ2v) is 5.87. The molecule has 1 amide bonds. The lowest BCUT2D eigenvalue weighted by Gasteiger charge is -2.40. The van der Waals surface area contributed by atoms with Gasteiger partial charge in [-0.2, -0.15) is 0 Å². The van der Waals surface area contributed by atoms with Gasteiger partial charge in [0, 0.05) is 19.7 Å². The molecule has 4 heteroatoms. The minimum Gasteiger partial charge on any atom is -0.378 e. The summed E-state index contributed by atoms with van der Waals surface area (Å²) in [5.41, 5.74) is 5.62. The van der Waals surface area contributed by atoms with Crippen LogP contribution < -0.4 is 11.1 Å². The quantitative estimate of drug-likeness (QED) is 0.756. The van der Waals surface area contributed by atoms with Crippen molar-refractivity contribution in [2.45, 2.75) is 63.0 Å². The van der Waals surface area contributed by atoms with Crippen molar-refractivity contribution in [3.05, 3.63) is 0 Å². The van der Waals surface area contributed by atoms with E-state index in [0.29, 0.717) is 18.9 Å². The fourth-order valence-corrected chi connectivity index (χ4v) is 3.30. The first-order valence-corrected chi connectivity index (χ1v) is 7.24. The molecule has 18 heavy (non-hydrogen) atoms. The minimum atomic E-state index is -0.182. The second kappa shape index (κ2) is 6.02. The summed E-state index contributed by atoms with van der Waals surface area (Å²) < 4.78 is 5.49. The Morgan fingerprint density at radius 1 is 1.39 bits per heavy atom. The number of nitrogens with one attached hydrogen (secondary N) is 1.